The zero-order valence-corrected chi connectivity index (χ0v) is 9.57. The lowest BCUT2D eigenvalue weighted by atomic mass is 10.1. The van der Waals surface area contributed by atoms with Crippen molar-refractivity contribution < 1.29 is 14.6 Å². The van der Waals surface area contributed by atoms with Gasteiger partial charge in [-0.25, -0.2) is 4.79 Å². The van der Waals surface area contributed by atoms with E-state index in [0.717, 1.165) is 0 Å². The van der Waals surface area contributed by atoms with Gasteiger partial charge in [0.05, 0.1) is 19.3 Å². The smallest absolute Gasteiger partial charge is 0.359 e. The van der Waals surface area contributed by atoms with Gasteiger partial charge in [-0.2, -0.15) is 5.10 Å². The molecule has 0 amide bonds. The minimum atomic E-state index is -0.840. The summed E-state index contributed by atoms with van der Waals surface area (Å²) in [4.78, 5) is 14.2. The molecular weight excluding hydrogens is 226 g/mol. The van der Waals surface area contributed by atoms with Crippen molar-refractivity contribution >= 4 is 5.97 Å². The van der Waals surface area contributed by atoms with Gasteiger partial charge in [0.15, 0.2) is 5.69 Å². The molecule has 0 radical (unpaired) electrons. The average Bonchev–Trinajstić information content (AvgIpc) is 2.68. The number of aliphatic hydroxyl groups excluding tert-OH is 1. The third kappa shape index (κ3) is 2.96. The quantitative estimate of drug-likeness (QED) is 0.356. The first-order chi connectivity index (χ1) is 8.13. The number of carbonyl (C=O) groups is 1. The van der Waals surface area contributed by atoms with Gasteiger partial charge in [-0.1, -0.05) is 5.11 Å². The number of nitrogens with zero attached hydrogens (tertiary/aromatic N) is 5. The maximum Gasteiger partial charge on any atom is 0.359 e. The summed E-state index contributed by atoms with van der Waals surface area (Å²) in [5.74, 6) is -0.602. The Labute approximate surface area is 97.4 Å². The monoisotopic (exact) mass is 239 g/mol. The molecule has 0 aromatic carbocycles. The number of hydrogen-bond donors (Lipinski definition) is 1. The summed E-state index contributed by atoms with van der Waals surface area (Å²) in [5, 5.41) is 16.4. The number of ether oxygens (including phenoxy) is 1. The van der Waals surface area contributed by atoms with E-state index in [4.69, 9.17) is 15.4 Å². The summed E-state index contributed by atoms with van der Waals surface area (Å²) in [6.07, 6.45) is 1.52. The Morgan fingerprint density at radius 3 is 3.06 bits per heavy atom. The van der Waals surface area contributed by atoms with Crippen molar-refractivity contribution in [2.45, 2.75) is 13.0 Å². The second kappa shape index (κ2) is 5.88. The molecular formula is C9H13N5O3. The Morgan fingerprint density at radius 1 is 1.82 bits per heavy atom. The van der Waals surface area contributed by atoms with Crippen LogP contribution in [-0.2, 0) is 11.8 Å². The normalized spacial score (nSPS) is 11.7. The maximum atomic E-state index is 11.6. The number of aliphatic hydroxyl groups is 1. The highest BCUT2D eigenvalue weighted by molar-refractivity contribution is 5.89. The van der Waals surface area contributed by atoms with Gasteiger partial charge in [0, 0.05) is 23.7 Å². The maximum absolute atomic E-state index is 11.6. The van der Waals surface area contributed by atoms with Crippen molar-refractivity contribution in [2.24, 2.45) is 12.2 Å². The lowest BCUT2D eigenvalue weighted by molar-refractivity contribution is 0.0516. The van der Waals surface area contributed by atoms with Crippen LogP contribution in [0, 0.1) is 0 Å². The minimum Gasteiger partial charge on any atom is -0.461 e. The van der Waals surface area contributed by atoms with Crippen LogP contribution in [0.5, 0.6) is 0 Å². The van der Waals surface area contributed by atoms with Crippen LogP contribution in [-0.4, -0.2) is 34.1 Å². The van der Waals surface area contributed by atoms with Gasteiger partial charge in [-0.15, -0.1) is 0 Å². The second-order valence-corrected chi connectivity index (χ2v) is 3.23. The first-order valence-electron chi connectivity index (χ1n) is 4.99. The average molecular weight is 239 g/mol. The molecule has 1 aromatic heterocycles. The summed E-state index contributed by atoms with van der Waals surface area (Å²) < 4.78 is 6.22. The Hall–Kier alpha value is -2.05. The number of azide groups is 1. The van der Waals surface area contributed by atoms with E-state index >= 15 is 0 Å². The van der Waals surface area contributed by atoms with Gasteiger partial charge in [-0.3, -0.25) is 4.68 Å². The fraction of sp³-hybridized carbons (Fsp3) is 0.556. The van der Waals surface area contributed by atoms with E-state index in [2.05, 4.69) is 15.1 Å². The van der Waals surface area contributed by atoms with Crippen molar-refractivity contribution in [3.63, 3.8) is 0 Å². The Kier molecular flexibility index (Phi) is 4.50. The lowest BCUT2D eigenvalue weighted by Gasteiger charge is -2.06. The first kappa shape index (κ1) is 13.0. The minimum absolute atomic E-state index is 0.0563. The molecule has 0 fully saturated rings. The van der Waals surface area contributed by atoms with Gasteiger partial charge in [-0.05, 0) is 12.5 Å². The largest absolute Gasteiger partial charge is 0.461 e. The van der Waals surface area contributed by atoms with Crippen LogP contribution < -0.4 is 0 Å². The van der Waals surface area contributed by atoms with Crippen LogP contribution in [0.2, 0.25) is 0 Å². The summed E-state index contributed by atoms with van der Waals surface area (Å²) in [6.45, 7) is 1.50. The summed E-state index contributed by atoms with van der Waals surface area (Å²) in [6, 6.07) is -0.840. The first-order valence-corrected chi connectivity index (χ1v) is 4.99. The van der Waals surface area contributed by atoms with Crippen LogP contribution in [0.1, 0.15) is 29.0 Å². The number of aryl methyl sites for hydroxylation is 1. The fourth-order valence-electron chi connectivity index (χ4n) is 1.37. The van der Waals surface area contributed by atoms with Crippen molar-refractivity contribution in [3.8, 4) is 0 Å². The van der Waals surface area contributed by atoms with Crippen LogP contribution in [0.25, 0.3) is 10.4 Å². The molecule has 8 heteroatoms. The molecule has 0 bridgehead atoms. The third-order valence-electron chi connectivity index (χ3n) is 2.05. The number of carbonyl (C=O) groups excluding carboxylic acids is 1. The van der Waals surface area contributed by atoms with Crippen LogP contribution in [0.4, 0.5) is 0 Å². The Balaban J connectivity index is 3.13. The van der Waals surface area contributed by atoms with E-state index in [1.165, 1.54) is 10.9 Å². The molecule has 8 nitrogen and oxygen atoms in total. The van der Waals surface area contributed by atoms with E-state index in [1.807, 2.05) is 0 Å². The molecule has 0 saturated carbocycles. The van der Waals surface area contributed by atoms with Crippen LogP contribution >= 0.6 is 0 Å². The zero-order valence-electron chi connectivity index (χ0n) is 9.57. The molecule has 92 valence electrons. The molecule has 17 heavy (non-hydrogen) atoms. The molecule has 1 aromatic rings. The van der Waals surface area contributed by atoms with Gasteiger partial charge in [0.25, 0.3) is 0 Å². The molecule has 1 N–H and O–H groups in total. The van der Waals surface area contributed by atoms with Crippen molar-refractivity contribution in [1.82, 2.24) is 9.78 Å². The second-order valence-electron chi connectivity index (χ2n) is 3.23. The molecule has 0 aliphatic rings. The molecule has 1 rings (SSSR count). The standard InChI is InChI=1S/C9H13N5O3/c1-3-17-9(16)8-6(4-14(2)12-8)7(5-15)11-13-10/h4,7,15H,3,5H2,1-2H3. The van der Waals surface area contributed by atoms with Crippen LogP contribution in [0.3, 0.4) is 0 Å². The molecule has 0 spiro atoms. The highest BCUT2D eigenvalue weighted by atomic mass is 16.5. The van der Waals surface area contributed by atoms with E-state index in [-0.39, 0.29) is 12.3 Å². The van der Waals surface area contributed by atoms with Crippen molar-refractivity contribution in [3.05, 3.63) is 27.9 Å². The molecule has 0 aliphatic heterocycles. The fourth-order valence-corrected chi connectivity index (χ4v) is 1.37. The number of esters is 1. The van der Waals surface area contributed by atoms with Gasteiger partial charge < -0.3 is 9.84 Å². The predicted octanol–water partition coefficient (Wildman–Crippen LogP) is 0.940. The van der Waals surface area contributed by atoms with E-state index in [0.29, 0.717) is 5.56 Å². The van der Waals surface area contributed by atoms with E-state index in [1.54, 1.807) is 14.0 Å². The Bertz CT molecular complexity index is 449. The topological polar surface area (TPSA) is 113 Å². The Morgan fingerprint density at radius 2 is 2.53 bits per heavy atom. The van der Waals surface area contributed by atoms with Gasteiger partial charge in [0.2, 0.25) is 0 Å². The van der Waals surface area contributed by atoms with Crippen molar-refractivity contribution in [1.29, 1.82) is 0 Å². The summed E-state index contributed by atoms with van der Waals surface area (Å²) >= 11 is 0. The SMILES string of the molecule is CCOC(=O)c1nn(C)cc1C(CO)N=[N+]=[N-]. The summed E-state index contributed by atoms with van der Waals surface area (Å²) in [5.41, 5.74) is 8.78. The zero-order chi connectivity index (χ0) is 12.8. The predicted molar refractivity (Wildman–Crippen MR) is 58.1 cm³/mol. The van der Waals surface area contributed by atoms with Gasteiger partial charge in [0.1, 0.15) is 0 Å². The summed E-state index contributed by atoms with van der Waals surface area (Å²) in [7, 11) is 1.62. The molecule has 1 atom stereocenters. The molecule has 0 saturated heterocycles. The van der Waals surface area contributed by atoms with E-state index < -0.39 is 18.6 Å². The molecule has 1 unspecified atom stereocenters. The van der Waals surface area contributed by atoms with E-state index in [9.17, 15) is 4.79 Å². The lowest BCUT2D eigenvalue weighted by Crippen LogP contribution is -2.11. The van der Waals surface area contributed by atoms with Crippen molar-refractivity contribution in [2.75, 3.05) is 13.2 Å². The highest BCUT2D eigenvalue weighted by Crippen LogP contribution is 2.21. The molecule has 1 heterocycles. The number of rotatable bonds is 5. The van der Waals surface area contributed by atoms with Crippen LogP contribution in [0.15, 0.2) is 11.3 Å². The van der Waals surface area contributed by atoms with Gasteiger partial charge >= 0.3 is 5.97 Å². The highest BCUT2D eigenvalue weighted by Gasteiger charge is 2.22. The number of aromatic nitrogens is 2. The third-order valence-corrected chi connectivity index (χ3v) is 2.05. The molecule has 0 aliphatic carbocycles. The number of hydrogen-bond acceptors (Lipinski definition) is 5.